The summed E-state index contributed by atoms with van der Waals surface area (Å²) >= 11 is 3.54. The lowest BCUT2D eigenvalue weighted by molar-refractivity contribution is 0.0835. The fourth-order valence-corrected chi connectivity index (χ4v) is 4.06. The Balaban J connectivity index is 1.74. The maximum absolute atomic E-state index is 13.2. The van der Waals surface area contributed by atoms with Gasteiger partial charge in [0, 0.05) is 36.4 Å². The third-order valence-corrected chi connectivity index (χ3v) is 5.71. The van der Waals surface area contributed by atoms with Crippen LogP contribution in [0.5, 0.6) is 5.75 Å². The molecule has 1 saturated heterocycles. The Morgan fingerprint density at radius 2 is 2.00 bits per heavy atom. The standard InChI is InChI=1S/C20H22BrN3O3/c1-26-17-4-2-14(3-5-17)12-23-16(10-21)13-24-18(20(23)25)11-22-19(24)15-6-8-27-9-7-15/h2-5,11,13,15H,6-10,12H2,1H3. The van der Waals surface area contributed by atoms with E-state index in [9.17, 15) is 4.79 Å². The van der Waals surface area contributed by atoms with Gasteiger partial charge in [0.15, 0.2) is 0 Å². The SMILES string of the molecule is COc1ccc(Cn2c(CBr)cn3c(C4CCOCC4)ncc3c2=O)cc1. The van der Waals surface area contributed by atoms with Crippen molar-refractivity contribution >= 4 is 21.4 Å². The predicted octanol–water partition coefficient (Wildman–Crippen LogP) is 3.34. The van der Waals surface area contributed by atoms with Crippen LogP contribution in [-0.4, -0.2) is 34.3 Å². The number of methoxy groups -OCH3 is 1. The lowest BCUT2D eigenvalue weighted by Crippen LogP contribution is -2.26. The van der Waals surface area contributed by atoms with Crippen LogP contribution in [0, 0.1) is 0 Å². The first-order valence-electron chi connectivity index (χ1n) is 9.07. The molecule has 3 heterocycles. The topological polar surface area (TPSA) is 57.8 Å². The van der Waals surface area contributed by atoms with Crippen LogP contribution in [-0.2, 0) is 16.6 Å². The molecular formula is C20H22BrN3O3. The molecule has 0 radical (unpaired) electrons. The zero-order valence-corrected chi connectivity index (χ0v) is 16.8. The minimum absolute atomic E-state index is 0.0198. The van der Waals surface area contributed by atoms with Crippen LogP contribution in [0.1, 0.15) is 35.8 Å². The molecule has 0 unspecified atom stereocenters. The van der Waals surface area contributed by atoms with Crippen molar-refractivity contribution in [3.8, 4) is 5.75 Å². The fraction of sp³-hybridized carbons (Fsp3) is 0.400. The van der Waals surface area contributed by atoms with E-state index >= 15 is 0 Å². The molecule has 142 valence electrons. The molecule has 0 spiro atoms. The van der Waals surface area contributed by atoms with Gasteiger partial charge in [-0.25, -0.2) is 4.98 Å². The Morgan fingerprint density at radius 1 is 1.26 bits per heavy atom. The summed E-state index contributed by atoms with van der Waals surface area (Å²) in [7, 11) is 1.64. The van der Waals surface area contributed by atoms with Crippen molar-refractivity contribution in [1.82, 2.24) is 14.0 Å². The number of hydrogen-bond donors (Lipinski definition) is 0. The summed E-state index contributed by atoms with van der Waals surface area (Å²) in [5, 5.41) is 0.597. The van der Waals surface area contributed by atoms with E-state index in [1.165, 1.54) is 0 Å². The highest BCUT2D eigenvalue weighted by atomic mass is 79.9. The van der Waals surface area contributed by atoms with E-state index in [0.717, 1.165) is 48.9 Å². The summed E-state index contributed by atoms with van der Waals surface area (Å²) in [5.41, 5.74) is 2.58. The largest absolute Gasteiger partial charge is 0.497 e. The van der Waals surface area contributed by atoms with Crippen LogP contribution in [0.4, 0.5) is 0 Å². The molecule has 0 bridgehead atoms. The highest BCUT2D eigenvalue weighted by Crippen LogP contribution is 2.26. The van der Waals surface area contributed by atoms with Crippen molar-refractivity contribution in [3.05, 3.63) is 64.1 Å². The Bertz CT molecular complexity index is 988. The highest BCUT2D eigenvalue weighted by Gasteiger charge is 2.22. The number of fused-ring (bicyclic) bond motifs is 1. The maximum Gasteiger partial charge on any atom is 0.277 e. The minimum Gasteiger partial charge on any atom is -0.497 e. The molecule has 1 aliphatic rings. The molecule has 0 aliphatic carbocycles. The number of hydrogen-bond acceptors (Lipinski definition) is 4. The number of aromatic nitrogens is 3. The van der Waals surface area contributed by atoms with E-state index < -0.39 is 0 Å². The zero-order chi connectivity index (χ0) is 18.8. The summed E-state index contributed by atoms with van der Waals surface area (Å²) in [6.07, 6.45) is 5.62. The molecule has 2 aromatic heterocycles. The second kappa shape index (κ2) is 7.86. The number of ether oxygens (including phenoxy) is 2. The molecule has 0 amide bonds. The lowest BCUT2D eigenvalue weighted by atomic mass is 10.00. The van der Waals surface area contributed by atoms with E-state index in [1.807, 2.05) is 34.9 Å². The molecule has 0 atom stereocenters. The maximum atomic E-state index is 13.2. The van der Waals surface area contributed by atoms with Gasteiger partial charge >= 0.3 is 0 Å². The van der Waals surface area contributed by atoms with E-state index in [2.05, 4.69) is 20.9 Å². The van der Waals surface area contributed by atoms with Crippen molar-refractivity contribution in [2.75, 3.05) is 20.3 Å². The molecule has 3 aromatic rings. The van der Waals surface area contributed by atoms with Gasteiger partial charge in [-0.15, -0.1) is 0 Å². The summed E-state index contributed by atoms with van der Waals surface area (Å²) < 4.78 is 14.4. The van der Waals surface area contributed by atoms with E-state index in [1.54, 1.807) is 17.9 Å². The van der Waals surface area contributed by atoms with Gasteiger partial charge in [-0.1, -0.05) is 28.1 Å². The summed E-state index contributed by atoms with van der Waals surface area (Å²) in [5.74, 6) is 2.10. The Morgan fingerprint density at radius 3 is 2.67 bits per heavy atom. The third kappa shape index (κ3) is 3.53. The smallest absolute Gasteiger partial charge is 0.277 e. The van der Waals surface area contributed by atoms with Crippen molar-refractivity contribution in [1.29, 1.82) is 0 Å². The minimum atomic E-state index is -0.0198. The second-order valence-corrected chi connectivity index (χ2v) is 7.31. The van der Waals surface area contributed by atoms with E-state index in [0.29, 0.717) is 23.3 Å². The molecule has 1 fully saturated rings. The molecule has 0 saturated carbocycles. The van der Waals surface area contributed by atoms with Gasteiger partial charge in [0.2, 0.25) is 0 Å². The number of halogens is 1. The first kappa shape index (κ1) is 18.3. The number of imidazole rings is 1. The van der Waals surface area contributed by atoms with Crippen molar-refractivity contribution in [2.45, 2.75) is 30.6 Å². The third-order valence-electron chi connectivity index (χ3n) is 5.14. The number of alkyl halides is 1. The van der Waals surface area contributed by atoms with Crippen LogP contribution in [0.3, 0.4) is 0 Å². The molecule has 1 aliphatic heterocycles. The first-order chi connectivity index (χ1) is 13.2. The van der Waals surface area contributed by atoms with Crippen LogP contribution in [0.25, 0.3) is 5.52 Å². The number of nitrogens with zero attached hydrogens (tertiary/aromatic N) is 3. The van der Waals surface area contributed by atoms with Crippen molar-refractivity contribution in [2.24, 2.45) is 0 Å². The van der Waals surface area contributed by atoms with Gasteiger partial charge in [-0.05, 0) is 30.5 Å². The summed E-state index contributed by atoms with van der Waals surface area (Å²) in [6.45, 7) is 2.01. The lowest BCUT2D eigenvalue weighted by Gasteiger charge is -2.21. The van der Waals surface area contributed by atoms with Crippen LogP contribution in [0.2, 0.25) is 0 Å². The second-order valence-electron chi connectivity index (χ2n) is 6.75. The average Bonchev–Trinajstić information content (AvgIpc) is 3.15. The van der Waals surface area contributed by atoms with Gasteiger partial charge in [0.25, 0.3) is 5.56 Å². The molecule has 1 aromatic carbocycles. The fourth-order valence-electron chi connectivity index (χ4n) is 3.61. The number of benzene rings is 1. The summed E-state index contributed by atoms with van der Waals surface area (Å²) in [6, 6.07) is 7.79. The van der Waals surface area contributed by atoms with Crippen LogP contribution >= 0.6 is 15.9 Å². The monoisotopic (exact) mass is 431 g/mol. The van der Waals surface area contributed by atoms with Crippen LogP contribution < -0.4 is 10.3 Å². The molecule has 0 N–H and O–H groups in total. The van der Waals surface area contributed by atoms with E-state index in [-0.39, 0.29) is 5.56 Å². The highest BCUT2D eigenvalue weighted by molar-refractivity contribution is 9.08. The molecule has 4 rings (SSSR count). The average molecular weight is 432 g/mol. The zero-order valence-electron chi connectivity index (χ0n) is 15.2. The Hall–Kier alpha value is -2.12. The molecular weight excluding hydrogens is 410 g/mol. The van der Waals surface area contributed by atoms with Gasteiger partial charge in [0.05, 0.1) is 19.9 Å². The van der Waals surface area contributed by atoms with Crippen molar-refractivity contribution < 1.29 is 9.47 Å². The summed E-state index contributed by atoms with van der Waals surface area (Å²) in [4.78, 5) is 17.8. The van der Waals surface area contributed by atoms with Crippen LogP contribution in [0.15, 0.2) is 41.5 Å². The first-order valence-corrected chi connectivity index (χ1v) is 10.2. The van der Waals surface area contributed by atoms with Gasteiger partial charge in [-0.2, -0.15) is 0 Å². The quantitative estimate of drug-likeness (QED) is 0.581. The normalized spacial score (nSPS) is 15.3. The van der Waals surface area contributed by atoms with Gasteiger partial charge in [0.1, 0.15) is 17.1 Å². The van der Waals surface area contributed by atoms with Gasteiger partial charge < -0.3 is 14.0 Å². The molecule has 6 nitrogen and oxygen atoms in total. The Kier molecular flexibility index (Phi) is 5.31. The molecule has 7 heteroatoms. The predicted molar refractivity (Wildman–Crippen MR) is 107 cm³/mol. The van der Waals surface area contributed by atoms with Crippen molar-refractivity contribution in [3.63, 3.8) is 0 Å². The van der Waals surface area contributed by atoms with Gasteiger partial charge in [-0.3, -0.25) is 9.20 Å². The van der Waals surface area contributed by atoms with E-state index in [4.69, 9.17) is 9.47 Å². The number of rotatable bonds is 5. The molecule has 27 heavy (non-hydrogen) atoms. The Labute approximate surface area is 165 Å².